The molecule has 2 aromatic carbocycles. The summed E-state index contributed by atoms with van der Waals surface area (Å²) in [6, 6.07) is 12.3. The van der Waals surface area contributed by atoms with E-state index in [0.29, 0.717) is 44.5 Å². The van der Waals surface area contributed by atoms with Gasteiger partial charge in [-0.15, -0.1) is 0 Å². The summed E-state index contributed by atoms with van der Waals surface area (Å²) >= 11 is 1.28. The lowest BCUT2D eigenvalue weighted by Gasteiger charge is -2.25. The van der Waals surface area contributed by atoms with Crippen molar-refractivity contribution in [2.24, 2.45) is 4.99 Å². The number of Topliss-reactive ketones (excluding diaryl/α,β-unsaturated/α-hetero) is 1. The maximum Gasteiger partial charge on any atom is 0.271 e. The molecule has 4 rings (SSSR count). The van der Waals surface area contributed by atoms with Gasteiger partial charge in [0.1, 0.15) is 5.75 Å². The van der Waals surface area contributed by atoms with Crippen molar-refractivity contribution in [1.82, 2.24) is 4.57 Å². The lowest BCUT2D eigenvalue weighted by atomic mass is 9.93. The summed E-state index contributed by atoms with van der Waals surface area (Å²) in [5.41, 5.74) is 2.38. The summed E-state index contributed by atoms with van der Waals surface area (Å²) in [6.45, 7) is 5.73. The molecule has 0 N–H and O–H groups in total. The molecule has 176 valence electrons. The minimum atomic E-state index is -0.623. The van der Waals surface area contributed by atoms with Crippen molar-refractivity contribution >= 4 is 23.2 Å². The van der Waals surface area contributed by atoms with Crippen LogP contribution in [0, 0.1) is 0 Å². The van der Waals surface area contributed by atoms with Gasteiger partial charge in [0.2, 0.25) is 0 Å². The minimum Gasteiger partial charge on any atom is -0.496 e. The molecule has 8 heteroatoms. The molecule has 1 atom stereocenters. The number of thiazole rings is 1. The van der Waals surface area contributed by atoms with E-state index in [0.717, 1.165) is 11.1 Å². The van der Waals surface area contributed by atoms with Crippen LogP contribution in [-0.4, -0.2) is 31.2 Å². The van der Waals surface area contributed by atoms with Crippen LogP contribution in [0.3, 0.4) is 0 Å². The number of hydrogen-bond donors (Lipinski definition) is 0. The Hall–Kier alpha value is -3.65. The highest BCUT2D eigenvalue weighted by Gasteiger charge is 2.32. The summed E-state index contributed by atoms with van der Waals surface area (Å²) in [5, 5.41) is 0. The number of fused-ring (bicyclic) bond motifs is 1. The third-order valence-electron chi connectivity index (χ3n) is 5.62. The number of rotatable bonds is 7. The van der Waals surface area contributed by atoms with Gasteiger partial charge in [0.15, 0.2) is 22.1 Å². The number of ether oxygens (including phenoxy) is 3. The first-order valence-electron chi connectivity index (χ1n) is 10.9. The van der Waals surface area contributed by atoms with Gasteiger partial charge in [-0.3, -0.25) is 14.2 Å². The summed E-state index contributed by atoms with van der Waals surface area (Å²) in [4.78, 5) is 31.5. The molecule has 34 heavy (non-hydrogen) atoms. The van der Waals surface area contributed by atoms with Crippen molar-refractivity contribution < 1.29 is 19.0 Å². The van der Waals surface area contributed by atoms with Gasteiger partial charge in [-0.05, 0) is 50.6 Å². The van der Waals surface area contributed by atoms with Gasteiger partial charge in [-0.2, -0.15) is 0 Å². The summed E-state index contributed by atoms with van der Waals surface area (Å²) in [7, 11) is 3.15. The number of benzene rings is 2. The smallest absolute Gasteiger partial charge is 0.271 e. The van der Waals surface area contributed by atoms with Crippen LogP contribution >= 0.6 is 11.3 Å². The zero-order valence-corrected chi connectivity index (χ0v) is 20.6. The van der Waals surface area contributed by atoms with Crippen LogP contribution < -0.4 is 29.1 Å². The van der Waals surface area contributed by atoms with Crippen LogP contribution in [0.15, 0.2) is 63.5 Å². The van der Waals surface area contributed by atoms with Crippen molar-refractivity contribution in [3.05, 3.63) is 84.5 Å². The zero-order valence-electron chi connectivity index (χ0n) is 19.7. The second-order valence-electron chi connectivity index (χ2n) is 7.72. The number of ketones is 1. The van der Waals surface area contributed by atoms with Crippen LogP contribution in [0.5, 0.6) is 17.2 Å². The fourth-order valence-corrected chi connectivity index (χ4v) is 5.20. The van der Waals surface area contributed by atoms with E-state index in [1.807, 2.05) is 49.4 Å². The van der Waals surface area contributed by atoms with Crippen molar-refractivity contribution in [3.63, 3.8) is 0 Å². The Morgan fingerprint density at radius 1 is 1.12 bits per heavy atom. The third kappa shape index (κ3) is 4.17. The molecule has 0 bridgehead atoms. The van der Waals surface area contributed by atoms with Gasteiger partial charge in [0, 0.05) is 16.8 Å². The number of aromatic nitrogens is 1. The van der Waals surface area contributed by atoms with Crippen LogP contribution in [0.1, 0.15) is 37.9 Å². The van der Waals surface area contributed by atoms with E-state index in [1.165, 1.54) is 18.3 Å². The van der Waals surface area contributed by atoms with E-state index in [9.17, 15) is 9.59 Å². The largest absolute Gasteiger partial charge is 0.496 e. The number of allylic oxidation sites excluding steroid dienone is 2. The van der Waals surface area contributed by atoms with E-state index in [-0.39, 0.29) is 11.3 Å². The summed E-state index contributed by atoms with van der Waals surface area (Å²) in [6.07, 6.45) is 1.80. The molecule has 1 unspecified atom stereocenters. The number of nitrogens with zero attached hydrogens (tertiary/aromatic N) is 2. The number of carbonyl (C=O) groups is 1. The Labute approximate surface area is 201 Å². The van der Waals surface area contributed by atoms with Crippen molar-refractivity contribution in [2.75, 3.05) is 20.8 Å². The molecule has 0 spiro atoms. The van der Waals surface area contributed by atoms with E-state index in [1.54, 1.807) is 31.8 Å². The minimum absolute atomic E-state index is 0.136. The van der Waals surface area contributed by atoms with Crippen LogP contribution in [0.4, 0.5) is 0 Å². The standard InChI is InChI=1S/C26H26N2O5S/c1-6-33-20-12-11-17(13-21(20)32-5)14-22-25(30)28-24(18-9-7-8-10-19(18)31-4)23(16(3)29)15(2)27-26(28)34-22/h7-14,24H,6H2,1-5H3. The summed E-state index contributed by atoms with van der Waals surface area (Å²) in [5.74, 6) is 1.70. The monoisotopic (exact) mass is 478 g/mol. The molecule has 1 aliphatic heterocycles. The van der Waals surface area contributed by atoms with Gasteiger partial charge >= 0.3 is 0 Å². The molecule has 0 fully saturated rings. The van der Waals surface area contributed by atoms with Crippen LogP contribution in [0.25, 0.3) is 6.08 Å². The Kier molecular flexibility index (Phi) is 6.70. The van der Waals surface area contributed by atoms with Crippen molar-refractivity contribution in [1.29, 1.82) is 0 Å². The normalized spacial score (nSPS) is 15.6. The Balaban J connectivity index is 1.93. The first-order chi connectivity index (χ1) is 16.4. The lowest BCUT2D eigenvalue weighted by molar-refractivity contribution is -0.114. The van der Waals surface area contributed by atoms with Gasteiger partial charge in [-0.1, -0.05) is 35.6 Å². The second-order valence-corrected chi connectivity index (χ2v) is 8.73. The van der Waals surface area contributed by atoms with E-state index >= 15 is 0 Å². The highest BCUT2D eigenvalue weighted by molar-refractivity contribution is 7.07. The number of hydrogen-bond acceptors (Lipinski definition) is 7. The van der Waals surface area contributed by atoms with Crippen molar-refractivity contribution in [3.8, 4) is 17.2 Å². The van der Waals surface area contributed by atoms with Crippen LogP contribution in [-0.2, 0) is 4.79 Å². The molecular weight excluding hydrogens is 452 g/mol. The highest BCUT2D eigenvalue weighted by atomic mass is 32.1. The molecule has 0 saturated heterocycles. The predicted octanol–water partition coefficient (Wildman–Crippen LogP) is 3.24. The third-order valence-corrected chi connectivity index (χ3v) is 6.60. The Bertz CT molecular complexity index is 1470. The molecule has 0 aliphatic carbocycles. The number of carbonyl (C=O) groups excluding carboxylic acids is 1. The Morgan fingerprint density at radius 3 is 2.53 bits per heavy atom. The quantitative estimate of drug-likeness (QED) is 0.521. The number of methoxy groups -OCH3 is 2. The zero-order chi connectivity index (χ0) is 24.4. The molecular formula is C26H26N2O5S. The van der Waals surface area contributed by atoms with Crippen LogP contribution in [0.2, 0.25) is 0 Å². The Morgan fingerprint density at radius 2 is 1.85 bits per heavy atom. The molecule has 7 nitrogen and oxygen atoms in total. The molecule has 1 aromatic heterocycles. The van der Waals surface area contributed by atoms with Gasteiger partial charge in [0.25, 0.3) is 5.56 Å². The first kappa shape index (κ1) is 23.5. The molecule has 2 heterocycles. The topological polar surface area (TPSA) is 79.1 Å². The van der Waals surface area contributed by atoms with E-state index in [4.69, 9.17) is 14.2 Å². The average Bonchev–Trinajstić information content (AvgIpc) is 3.13. The molecule has 0 saturated carbocycles. The van der Waals surface area contributed by atoms with Gasteiger partial charge in [-0.25, -0.2) is 4.99 Å². The second kappa shape index (κ2) is 9.69. The fraction of sp³-hybridized carbons (Fsp3) is 0.269. The molecule has 0 amide bonds. The molecule has 0 radical (unpaired) electrons. The maximum absolute atomic E-state index is 13.7. The number of para-hydroxylation sites is 1. The van der Waals surface area contributed by atoms with Crippen molar-refractivity contribution in [2.45, 2.75) is 26.8 Å². The molecule has 1 aliphatic rings. The van der Waals surface area contributed by atoms with E-state index < -0.39 is 6.04 Å². The fourth-order valence-electron chi connectivity index (χ4n) is 4.16. The SMILES string of the molecule is CCOc1ccc(C=c2sc3n(c2=O)C(c2ccccc2OC)C(C(C)=O)=C(C)N=3)cc1OC. The maximum atomic E-state index is 13.7. The highest BCUT2D eigenvalue weighted by Crippen LogP contribution is 2.35. The molecule has 3 aromatic rings. The van der Waals surface area contributed by atoms with Gasteiger partial charge in [0.05, 0.1) is 31.4 Å². The first-order valence-corrected chi connectivity index (χ1v) is 11.7. The van der Waals surface area contributed by atoms with E-state index in [2.05, 4.69) is 4.99 Å². The average molecular weight is 479 g/mol. The summed E-state index contributed by atoms with van der Waals surface area (Å²) < 4.78 is 18.7. The van der Waals surface area contributed by atoms with Gasteiger partial charge < -0.3 is 14.2 Å². The predicted molar refractivity (Wildman–Crippen MR) is 132 cm³/mol. The lowest BCUT2D eigenvalue weighted by Crippen LogP contribution is -2.39.